The van der Waals surface area contributed by atoms with Crippen molar-refractivity contribution in [3.05, 3.63) is 64.7 Å². The highest BCUT2D eigenvalue weighted by molar-refractivity contribution is 6.31. The molecule has 0 bridgehead atoms. The van der Waals surface area contributed by atoms with Crippen molar-refractivity contribution in [1.29, 1.82) is 0 Å². The van der Waals surface area contributed by atoms with Crippen molar-refractivity contribution in [3.63, 3.8) is 0 Å². The van der Waals surface area contributed by atoms with Crippen LogP contribution in [0.5, 0.6) is 5.75 Å². The molecule has 4 heteroatoms. The summed E-state index contributed by atoms with van der Waals surface area (Å²) in [6.45, 7) is 0.573. The molecule has 1 amide bonds. The lowest BCUT2D eigenvalue weighted by atomic mass is 10.1. The van der Waals surface area contributed by atoms with Crippen molar-refractivity contribution < 1.29 is 9.53 Å². The molecular formula is C17H18ClNO2. The lowest BCUT2D eigenvalue weighted by Gasteiger charge is -2.09. The van der Waals surface area contributed by atoms with Gasteiger partial charge in [0, 0.05) is 11.6 Å². The van der Waals surface area contributed by atoms with Gasteiger partial charge >= 0.3 is 0 Å². The van der Waals surface area contributed by atoms with E-state index in [1.54, 1.807) is 13.2 Å². The van der Waals surface area contributed by atoms with Crippen LogP contribution >= 0.6 is 11.6 Å². The quantitative estimate of drug-likeness (QED) is 0.889. The minimum absolute atomic E-state index is 0.0296. The second kappa shape index (κ2) is 7.70. The zero-order valence-electron chi connectivity index (χ0n) is 11.9. The zero-order chi connectivity index (χ0) is 15.1. The Labute approximate surface area is 129 Å². The number of carbonyl (C=O) groups excluding carboxylic acids is 1. The first-order valence-electron chi connectivity index (χ1n) is 6.82. The molecule has 2 aromatic carbocycles. The Bertz CT molecular complexity index is 613. The summed E-state index contributed by atoms with van der Waals surface area (Å²) in [7, 11) is 1.65. The Morgan fingerprint density at radius 2 is 1.76 bits per heavy atom. The number of hydrogen-bond donors (Lipinski definition) is 1. The van der Waals surface area contributed by atoms with Crippen LogP contribution in [0.3, 0.4) is 0 Å². The first-order chi connectivity index (χ1) is 10.2. The van der Waals surface area contributed by atoms with E-state index >= 15 is 0 Å². The molecule has 0 radical (unpaired) electrons. The number of para-hydroxylation sites is 1. The summed E-state index contributed by atoms with van der Waals surface area (Å²) in [5.74, 6) is 0.816. The third-order valence-electron chi connectivity index (χ3n) is 3.22. The molecule has 0 heterocycles. The molecule has 1 N–H and O–H groups in total. The van der Waals surface area contributed by atoms with Gasteiger partial charge in [-0.15, -0.1) is 0 Å². The number of benzene rings is 2. The van der Waals surface area contributed by atoms with Crippen molar-refractivity contribution in [2.75, 3.05) is 13.7 Å². The van der Waals surface area contributed by atoms with Gasteiger partial charge in [0.25, 0.3) is 0 Å². The third kappa shape index (κ3) is 4.50. The van der Waals surface area contributed by atoms with Crippen molar-refractivity contribution in [1.82, 2.24) is 5.32 Å². The molecule has 0 aliphatic heterocycles. The van der Waals surface area contributed by atoms with Crippen LogP contribution in [0.4, 0.5) is 0 Å². The van der Waals surface area contributed by atoms with Gasteiger partial charge in [-0.1, -0.05) is 48.0 Å². The van der Waals surface area contributed by atoms with E-state index in [-0.39, 0.29) is 5.91 Å². The average molecular weight is 304 g/mol. The van der Waals surface area contributed by atoms with E-state index in [4.69, 9.17) is 16.3 Å². The van der Waals surface area contributed by atoms with Gasteiger partial charge in [0.15, 0.2) is 0 Å². The molecule has 0 saturated carbocycles. The maximum Gasteiger partial charge on any atom is 0.224 e. The number of halogens is 1. The molecule has 0 fully saturated rings. The van der Waals surface area contributed by atoms with E-state index in [9.17, 15) is 4.79 Å². The van der Waals surface area contributed by atoms with Gasteiger partial charge in [0.1, 0.15) is 5.75 Å². The monoisotopic (exact) mass is 303 g/mol. The fourth-order valence-corrected chi connectivity index (χ4v) is 2.33. The summed E-state index contributed by atoms with van der Waals surface area (Å²) in [6.07, 6.45) is 1.03. The van der Waals surface area contributed by atoms with E-state index in [1.807, 2.05) is 42.5 Å². The van der Waals surface area contributed by atoms with E-state index in [0.717, 1.165) is 23.3 Å². The number of amides is 1. The van der Waals surface area contributed by atoms with Gasteiger partial charge in [-0.25, -0.2) is 0 Å². The fraction of sp³-hybridized carbons (Fsp3) is 0.235. The molecule has 110 valence electrons. The van der Waals surface area contributed by atoms with Crippen LogP contribution in [-0.4, -0.2) is 19.6 Å². The van der Waals surface area contributed by atoms with Gasteiger partial charge in [-0.2, -0.15) is 0 Å². The van der Waals surface area contributed by atoms with Crippen LogP contribution < -0.4 is 10.1 Å². The van der Waals surface area contributed by atoms with Gasteiger partial charge in [-0.3, -0.25) is 4.79 Å². The molecule has 3 nitrogen and oxygen atoms in total. The van der Waals surface area contributed by atoms with Crippen LogP contribution in [0, 0.1) is 0 Å². The smallest absolute Gasteiger partial charge is 0.224 e. The normalized spacial score (nSPS) is 10.2. The standard InChI is InChI=1S/C17H18ClNO2/c1-21-16-9-5-3-6-13(16)10-11-19-17(20)12-14-7-2-4-8-15(14)18/h2-9H,10-12H2,1H3,(H,19,20). The lowest BCUT2D eigenvalue weighted by Crippen LogP contribution is -2.27. The molecular weight excluding hydrogens is 286 g/mol. The average Bonchev–Trinajstić information content (AvgIpc) is 2.50. The van der Waals surface area contributed by atoms with Gasteiger partial charge < -0.3 is 10.1 Å². The maximum atomic E-state index is 11.9. The molecule has 0 aromatic heterocycles. The van der Waals surface area contributed by atoms with Crippen molar-refractivity contribution in [2.24, 2.45) is 0 Å². The SMILES string of the molecule is COc1ccccc1CCNC(=O)Cc1ccccc1Cl. The summed E-state index contributed by atoms with van der Waals surface area (Å²) in [6, 6.07) is 15.2. The lowest BCUT2D eigenvalue weighted by molar-refractivity contribution is -0.120. The Kier molecular flexibility index (Phi) is 5.64. The summed E-state index contributed by atoms with van der Waals surface area (Å²) in [5.41, 5.74) is 1.92. The first kappa shape index (κ1) is 15.4. The topological polar surface area (TPSA) is 38.3 Å². The summed E-state index contributed by atoms with van der Waals surface area (Å²) < 4.78 is 5.28. The summed E-state index contributed by atoms with van der Waals surface area (Å²) in [5, 5.41) is 3.53. The molecule has 0 aliphatic carbocycles. The second-order valence-electron chi connectivity index (χ2n) is 4.68. The van der Waals surface area contributed by atoms with Crippen LogP contribution in [0.25, 0.3) is 0 Å². The van der Waals surface area contributed by atoms with Crippen LogP contribution in [-0.2, 0) is 17.6 Å². The molecule has 0 aliphatic rings. The Hall–Kier alpha value is -2.00. The van der Waals surface area contributed by atoms with Crippen LogP contribution in [0.1, 0.15) is 11.1 Å². The summed E-state index contributed by atoms with van der Waals surface area (Å²) >= 11 is 6.04. The highest BCUT2D eigenvalue weighted by atomic mass is 35.5. The Morgan fingerprint density at radius 1 is 1.10 bits per heavy atom. The highest BCUT2D eigenvalue weighted by Crippen LogP contribution is 2.17. The van der Waals surface area contributed by atoms with Gasteiger partial charge in [-0.05, 0) is 29.7 Å². The number of hydrogen-bond acceptors (Lipinski definition) is 2. The number of nitrogens with one attached hydrogen (secondary N) is 1. The van der Waals surface area contributed by atoms with Crippen molar-refractivity contribution >= 4 is 17.5 Å². The number of rotatable bonds is 6. The van der Waals surface area contributed by atoms with Crippen molar-refractivity contribution in [3.8, 4) is 5.75 Å². The number of methoxy groups -OCH3 is 1. The molecule has 2 aromatic rings. The second-order valence-corrected chi connectivity index (χ2v) is 5.09. The third-order valence-corrected chi connectivity index (χ3v) is 3.59. The van der Waals surface area contributed by atoms with E-state index in [1.165, 1.54) is 0 Å². The van der Waals surface area contributed by atoms with Crippen LogP contribution in [0.15, 0.2) is 48.5 Å². The van der Waals surface area contributed by atoms with Crippen molar-refractivity contribution in [2.45, 2.75) is 12.8 Å². The predicted molar refractivity (Wildman–Crippen MR) is 84.9 cm³/mol. The number of carbonyl (C=O) groups is 1. The molecule has 0 unspecified atom stereocenters. The zero-order valence-corrected chi connectivity index (χ0v) is 12.7. The molecule has 0 saturated heterocycles. The van der Waals surface area contributed by atoms with E-state index in [0.29, 0.717) is 18.0 Å². The molecule has 2 rings (SSSR count). The van der Waals surface area contributed by atoms with Gasteiger partial charge in [0.05, 0.1) is 13.5 Å². The molecule has 21 heavy (non-hydrogen) atoms. The van der Waals surface area contributed by atoms with Gasteiger partial charge in [0.2, 0.25) is 5.91 Å². The van der Waals surface area contributed by atoms with E-state index in [2.05, 4.69) is 5.32 Å². The first-order valence-corrected chi connectivity index (χ1v) is 7.20. The van der Waals surface area contributed by atoms with E-state index < -0.39 is 0 Å². The number of ether oxygens (including phenoxy) is 1. The maximum absolute atomic E-state index is 11.9. The summed E-state index contributed by atoms with van der Waals surface area (Å²) in [4.78, 5) is 11.9. The largest absolute Gasteiger partial charge is 0.496 e. The Balaban J connectivity index is 1.83. The fourth-order valence-electron chi connectivity index (χ4n) is 2.12. The van der Waals surface area contributed by atoms with Crippen LogP contribution in [0.2, 0.25) is 5.02 Å². The molecule has 0 atom stereocenters. The Morgan fingerprint density at radius 3 is 2.48 bits per heavy atom. The molecule has 0 spiro atoms. The highest BCUT2D eigenvalue weighted by Gasteiger charge is 2.07. The predicted octanol–water partition coefficient (Wildman–Crippen LogP) is 3.25. The minimum atomic E-state index is -0.0296. The minimum Gasteiger partial charge on any atom is -0.496 e.